The lowest BCUT2D eigenvalue weighted by Crippen LogP contribution is -2.44. The van der Waals surface area contributed by atoms with Gasteiger partial charge in [0, 0.05) is 19.2 Å². The van der Waals surface area contributed by atoms with Gasteiger partial charge in [-0.1, -0.05) is 6.92 Å². The number of hydrogen-bond acceptors (Lipinski definition) is 3. The van der Waals surface area contributed by atoms with Gasteiger partial charge in [0.25, 0.3) is 0 Å². The van der Waals surface area contributed by atoms with Crippen LogP contribution >= 0.6 is 0 Å². The van der Waals surface area contributed by atoms with Crippen molar-refractivity contribution in [1.29, 1.82) is 0 Å². The third-order valence-electron chi connectivity index (χ3n) is 3.44. The van der Waals surface area contributed by atoms with Crippen molar-refractivity contribution in [2.75, 3.05) is 20.3 Å². The van der Waals surface area contributed by atoms with E-state index >= 15 is 0 Å². The molecule has 19 heavy (non-hydrogen) atoms. The third-order valence-corrected chi connectivity index (χ3v) is 3.44. The fraction of sp³-hybridized carbons (Fsp3) is 1.00. The van der Waals surface area contributed by atoms with Gasteiger partial charge in [-0.25, -0.2) is 0 Å². The fourth-order valence-electron chi connectivity index (χ4n) is 2.48. The van der Waals surface area contributed by atoms with E-state index in [-0.39, 0.29) is 18.2 Å². The van der Waals surface area contributed by atoms with Gasteiger partial charge >= 0.3 is 6.18 Å². The number of halogens is 3. The number of ether oxygens (including phenoxy) is 2. The summed E-state index contributed by atoms with van der Waals surface area (Å²) in [6, 6.07) is 0.489. The summed E-state index contributed by atoms with van der Waals surface area (Å²) in [6.45, 7) is 1.55. The Hall–Kier alpha value is -0.330. The third kappa shape index (κ3) is 7.13. The van der Waals surface area contributed by atoms with Crippen molar-refractivity contribution in [3.05, 3.63) is 0 Å². The lowest BCUT2D eigenvalue weighted by Gasteiger charge is -2.32. The zero-order valence-corrected chi connectivity index (χ0v) is 11.6. The average Bonchev–Trinajstić information content (AvgIpc) is 2.35. The molecule has 0 aliphatic heterocycles. The molecule has 0 aromatic rings. The van der Waals surface area contributed by atoms with Crippen molar-refractivity contribution in [3.63, 3.8) is 0 Å². The van der Waals surface area contributed by atoms with Gasteiger partial charge in [0.05, 0.1) is 12.7 Å². The largest absolute Gasteiger partial charge is 0.411 e. The van der Waals surface area contributed by atoms with Gasteiger partial charge < -0.3 is 14.8 Å². The molecule has 6 heteroatoms. The summed E-state index contributed by atoms with van der Waals surface area (Å²) in [5, 5.41) is 3.45. The molecule has 1 N–H and O–H groups in total. The summed E-state index contributed by atoms with van der Waals surface area (Å²) in [5.74, 6) is 0. The molecule has 1 aliphatic rings. The highest BCUT2D eigenvalue weighted by Crippen LogP contribution is 2.24. The van der Waals surface area contributed by atoms with E-state index < -0.39 is 12.8 Å². The van der Waals surface area contributed by atoms with E-state index in [9.17, 15) is 13.2 Å². The van der Waals surface area contributed by atoms with Crippen molar-refractivity contribution in [3.8, 4) is 0 Å². The van der Waals surface area contributed by atoms with Gasteiger partial charge in [0.1, 0.15) is 6.61 Å². The molecular weight excluding hydrogens is 259 g/mol. The molecule has 0 saturated heterocycles. The molecule has 1 rings (SSSR count). The van der Waals surface area contributed by atoms with E-state index in [4.69, 9.17) is 9.47 Å². The van der Waals surface area contributed by atoms with E-state index in [1.807, 2.05) is 0 Å². The number of rotatable bonds is 7. The Kier molecular flexibility index (Phi) is 7.10. The zero-order chi connectivity index (χ0) is 14.3. The fourth-order valence-corrected chi connectivity index (χ4v) is 2.48. The predicted molar refractivity (Wildman–Crippen MR) is 67.1 cm³/mol. The Morgan fingerprint density at radius 2 is 2.05 bits per heavy atom. The topological polar surface area (TPSA) is 30.5 Å². The number of alkyl halides is 3. The summed E-state index contributed by atoms with van der Waals surface area (Å²) in [4.78, 5) is 0. The van der Waals surface area contributed by atoms with Crippen LogP contribution in [0, 0.1) is 0 Å². The molecule has 3 unspecified atom stereocenters. The molecule has 0 aromatic carbocycles. The van der Waals surface area contributed by atoms with Crippen LogP contribution in [0.4, 0.5) is 13.2 Å². The monoisotopic (exact) mass is 283 g/mol. The van der Waals surface area contributed by atoms with Gasteiger partial charge in [-0.15, -0.1) is 0 Å². The molecule has 1 saturated carbocycles. The van der Waals surface area contributed by atoms with Gasteiger partial charge in [-0.2, -0.15) is 13.2 Å². The van der Waals surface area contributed by atoms with E-state index in [0.29, 0.717) is 13.0 Å². The molecule has 0 radical (unpaired) electrons. The molecule has 1 fully saturated rings. The molecule has 3 atom stereocenters. The van der Waals surface area contributed by atoms with Crippen molar-refractivity contribution in [2.45, 2.75) is 63.4 Å². The number of nitrogens with one attached hydrogen (secondary N) is 1. The lowest BCUT2D eigenvalue weighted by molar-refractivity contribution is -0.188. The number of hydrogen-bond donors (Lipinski definition) is 1. The van der Waals surface area contributed by atoms with Crippen molar-refractivity contribution < 1.29 is 22.6 Å². The van der Waals surface area contributed by atoms with Crippen molar-refractivity contribution >= 4 is 0 Å². The summed E-state index contributed by atoms with van der Waals surface area (Å²) in [5.41, 5.74) is 0. The quantitative estimate of drug-likeness (QED) is 0.779. The number of methoxy groups -OCH3 is 1. The van der Waals surface area contributed by atoms with Gasteiger partial charge in [0.15, 0.2) is 0 Å². The molecule has 1 aliphatic carbocycles. The average molecular weight is 283 g/mol. The normalized spacial score (nSPS) is 26.4. The Morgan fingerprint density at radius 3 is 2.63 bits per heavy atom. The van der Waals surface area contributed by atoms with Crippen LogP contribution in [0.3, 0.4) is 0 Å². The Morgan fingerprint density at radius 1 is 1.32 bits per heavy atom. The van der Waals surface area contributed by atoms with Gasteiger partial charge in [0.2, 0.25) is 0 Å². The predicted octanol–water partition coefficient (Wildman–Crippen LogP) is 2.89. The summed E-state index contributed by atoms with van der Waals surface area (Å²) >= 11 is 0. The van der Waals surface area contributed by atoms with Crippen LogP contribution in [-0.4, -0.2) is 44.7 Å². The van der Waals surface area contributed by atoms with Crippen LogP contribution in [0.15, 0.2) is 0 Å². The zero-order valence-electron chi connectivity index (χ0n) is 11.6. The maximum absolute atomic E-state index is 12.1. The molecular formula is C13H24F3NO2. The van der Waals surface area contributed by atoms with Crippen molar-refractivity contribution in [1.82, 2.24) is 5.32 Å². The summed E-state index contributed by atoms with van der Waals surface area (Å²) in [7, 11) is 1.65. The van der Waals surface area contributed by atoms with Crippen LogP contribution in [0.25, 0.3) is 0 Å². The van der Waals surface area contributed by atoms with E-state index in [1.54, 1.807) is 7.11 Å². The van der Waals surface area contributed by atoms with Crippen LogP contribution < -0.4 is 5.32 Å². The second kappa shape index (κ2) is 8.07. The van der Waals surface area contributed by atoms with E-state index in [2.05, 4.69) is 12.2 Å². The van der Waals surface area contributed by atoms with Gasteiger partial charge in [-0.3, -0.25) is 0 Å². The first kappa shape index (κ1) is 16.7. The van der Waals surface area contributed by atoms with Crippen molar-refractivity contribution in [2.24, 2.45) is 0 Å². The Balaban J connectivity index is 2.33. The molecule has 114 valence electrons. The smallest absolute Gasteiger partial charge is 0.383 e. The molecule has 0 bridgehead atoms. The second-order valence-corrected chi connectivity index (χ2v) is 5.14. The first-order valence-electron chi connectivity index (χ1n) is 6.88. The molecule has 0 heterocycles. The minimum atomic E-state index is -4.23. The van der Waals surface area contributed by atoms with Crippen LogP contribution in [0.1, 0.15) is 39.0 Å². The standard InChI is InChI=1S/C13H24F3NO2/c1-3-10(8-18-2)17-11-5-4-6-12(7-11)19-9-13(14,15)16/h10-12,17H,3-9H2,1-2H3. The SMILES string of the molecule is CCC(COC)NC1CCCC(OCC(F)(F)F)C1. The molecule has 0 aromatic heterocycles. The van der Waals surface area contributed by atoms with E-state index in [0.717, 1.165) is 25.7 Å². The maximum atomic E-state index is 12.1. The first-order valence-corrected chi connectivity index (χ1v) is 6.88. The molecule has 0 spiro atoms. The highest BCUT2D eigenvalue weighted by Gasteiger charge is 2.31. The highest BCUT2D eigenvalue weighted by atomic mass is 19.4. The van der Waals surface area contributed by atoms with E-state index in [1.165, 1.54) is 0 Å². The Labute approximate surface area is 112 Å². The second-order valence-electron chi connectivity index (χ2n) is 5.14. The maximum Gasteiger partial charge on any atom is 0.411 e. The highest BCUT2D eigenvalue weighted by molar-refractivity contribution is 4.81. The van der Waals surface area contributed by atoms with Crippen LogP contribution in [0.2, 0.25) is 0 Å². The molecule has 3 nitrogen and oxygen atoms in total. The molecule has 0 amide bonds. The summed E-state index contributed by atoms with van der Waals surface area (Å²) < 4.78 is 46.4. The lowest BCUT2D eigenvalue weighted by atomic mass is 9.92. The van der Waals surface area contributed by atoms with Gasteiger partial charge in [-0.05, 0) is 32.1 Å². The minimum absolute atomic E-state index is 0.229. The summed E-state index contributed by atoms with van der Waals surface area (Å²) in [6.07, 6.45) is -0.310. The first-order chi connectivity index (χ1) is 8.94. The minimum Gasteiger partial charge on any atom is -0.383 e. The Bertz CT molecular complexity index is 249. The van der Waals surface area contributed by atoms with Crippen LogP contribution in [0.5, 0.6) is 0 Å². The van der Waals surface area contributed by atoms with Crippen LogP contribution in [-0.2, 0) is 9.47 Å².